The number of rotatable bonds is 12. The van der Waals surface area contributed by atoms with Gasteiger partial charge in [-0.1, -0.05) is 12.1 Å². The summed E-state index contributed by atoms with van der Waals surface area (Å²) in [5, 5.41) is 29.3. The van der Waals surface area contributed by atoms with E-state index >= 15 is 0 Å². The zero-order valence-corrected chi connectivity index (χ0v) is 54.6. The van der Waals surface area contributed by atoms with Gasteiger partial charge < -0.3 is 27.5 Å². The van der Waals surface area contributed by atoms with Gasteiger partial charge in [0, 0.05) is 76.4 Å². The zero-order valence-electron chi connectivity index (χ0n) is 47.0. The SMILES string of the molecule is Cc1cc(C)n(-c2[c-]c(Oc3[c-]c(-n4ncc5oc6ccccc6c54)ccc3)ccc2)n1.[Pt+2].[Pt+2].[Pt+2].[c-]1c(Oc2[c-]c(-n3ncc4oc5ccsc5c43)ccc2)cccc1-n1cccn1.[c-]1c(Oc2[c-]c(-n3ncc4occc43)ccc2)cccc1-n1cccn1. The van der Waals surface area contributed by atoms with E-state index in [1.807, 2.05) is 209 Å². The second kappa shape index (κ2) is 26.4. The molecule has 0 N–H and O–H groups in total. The van der Waals surface area contributed by atoms with Crippen LogP contribution in [0.2, 0.25) is 0 Å². The number of para-hydroxylation sites is 1. The van der Waals surface area contributed by atoms with Crippen LogP contribution in [0, 0.1) is 50.2 Å². The zero-order chi connectivity index (χ0) is 58.2. The number of thiophene rings is 1. The largest absolute Gasteiger partial charge is 2.00 e. The van der Waals surface area contributed by atoms with Crippen molar-refractivity contribution in [1.29, 1.82) is 0 Å². The number of aryl methyl sites for hydroxylation is 2. The van der Waals surface area contributed by atoms with E-state index in [0.717, 1.165) is 100 Å². The van der Waals surface area contributed by atoms with Crippen LogP contribution in [0.4, 0.5) is 0 Å². The number of aromatic nitrogens is 12. The third-order valence-corrected chi connectivity index (χ3v) is 14.6. The molecule has 22 heteroatoms. The quantitative estimate of drug-likeness (QED) is 0.106. The Labute approximate surface area is 559 Å². The Kier molecular flexibility index (Phi) is 17.7. The van der Waals surface area contributed by atoms with Crippen molar-refractivity contribution in [3.05, 3.63) is 267 Å². The van der Waals surface area contributed by atoms with Gasteiger partial charge >= 0.3 is 63.2 Å². The average Bonchev–Trinajstić information content (AvgIpc) is 2.27. The van der Waals surface area contributed by atoms with Gasteiger partial charge in [-0.05, 0) is 89.8 Å². The van der Waals surface area contributed by atoms with Gasteiger partial charge in [-0.2, -0.15) is 67.0 Å². The summed E-state index contributed by atoms with van der Waals surface area (Å²) in [6.45, 7) is 3.99. The smallest absolute Gasteiger partial charge is 0.509 e. The van der Waals surface area contributed by atoms with Crippen LogP contribution in [0.5, 0.6) is 34.5 Å². The second-order valence-electron chi connectivity index (χ2n) is 19.5. The predicted octanol–water partition coefficient (Wildman–Crippen LogP) is 15.6. The predicted molar refractivity (Wildman–Crippen MR) is 326 cm³/mol. The summed E-state index contributed by atoms with van der Waals surface area (Å²) in [5.74, 6) is 3.47. The summed E-state index contributed by atoms with van der Waals surface area (Å²) in [4.78, 5) is 0. The Morgan fingerprint density at radius 3 is 1.39 bits per heavy atom. The van der Waals surface area contributed by atoms with Gasteiger partial charge in [0.2, 0.25) is 0 Å². The number of ether oxygens (including phenoxy) is 3. The molecule has 0 amide bonds. The molecule has 0 radical (unpaired) electrons. The van der Waals surface area contributed by atoms with Gasteiger partial charge in [-0.25, -0.2) is 0 Å². The van der Waals surface area contributed by atoms with Crippen LogP contribution in [-0.2, 0) is 63.2 Å². The minimum Gasteiger partial charge on any atom is -0.509 e. The molecule has 10 heterocycles. The molecule has 0 saturated carbocycles. The Balaban J connectivity index is 0.000000129. The molecule has 446 valence electrons. The standard InChI is InChI=1S/C26H18N4O2.C22H12N4O2S.C20H12N4O2.3Pt/c1-17-13-18(2)29(28-17)19-7-5-9-21(14-19)31-22-10-6-8-20(15-22)30-26-23-11-3-4-12-24(23)32-25(26)16-27-30;1-4-15(25-10-3-9-23-25)12-17(6-1)27-18-7-2-5-16(13-18)26-21-20(14-24-26)28-19-8-11-29-22(19)21;1-4-15(23-10-3-9-21-23)12-17(6-1)26-18-7-2-5-16(13-18)24-19-8-11-25-20(19)14-22-24;;;/h3-13,16H,1-2H3;1-11,14H;1-11,14H;;;/q3*-2;3*+2. The number of hydrogen-bond donors (Lipinski definition) is 0. The second-order valence-corrected chi connectivity index (χ2v) is 20.4. The van der Waals surface area contributed by atoms with Crippen molar-refractivity contribution < 1.29 is 90.7 Å². The number of fused-ring (bicyclic) bond motifs is 7. The van der Waals surface area contributed by atoms with Crippen LogP contribution >= 0.6 is 11.3 Å². The maximum Gasteiger partial charge on any atom is 2.00 e. The molecular weight excluding hydrogens is 1700 g/mol. The van der Waals surface area contributed by atoms with Gasteiger partial charge in [0.05, 0.1) is 35.2 Å². The first-order valence-electron chi connectivity index (χ1n) is 27.2. The van der Waals surface area contributed by atoms with Gasteiger partial charge in [0.1, 0.15) is 27.7 Å². The van der Waals surface area contributed by atoms with Gasteiger partial charge in [-0.15, -0.1) is 121 Å². The van der Waals surface area contributed by atoms with Crippen LogP contribution in [0.15, 0.2) is 232 Å². The van der Waals surface area contributed by atoms with Crippen molar-refractivity contribution in [3.63, 3.8) is 0 Å². The Morgan fingerprint density at radius 1 is 0.411 bits per heavy atom. The van der Waals surface area contributed by atoms with Crippen LogP contribution in [-0.4, -0.2) is 58.7 Å². The summed E-state index contributed by atoms with van der Waals surface area (Å²) < 4.78 is 46.9. The van der Waals surface area contributed by atoms with E-state index in [1.165, 1.54) is 0 Å². The minimum absolute atomic E-state index is 0. The molecule has 0 bridgehead atoms. The van der Waals surface area contributed by atoms with Crippen molar-refractivity contribution in [2.45, 2.75) is 13.8 Å². The molecule has 0 aliphatic rings. The molecule has 0 unspecified atom stereocenters. The molecule has 18 nitrogen and oxygen atoms in total. The van der Waals surface area contributed by atoms with Gasteiger partial charge in [-0.3, -0.25) is 28.1 Å². The molecule has 0 saturated heterocycles. The van der Waals surface area contributed by atoms with Crippen molar-refractivity contribution in [1.82, 2.24) is 58.7 Å². The molecule has 7 aromatic carbocycles. The molecule has 10 aromatic heterocycles. The van der Waals surface area contributed by atoms with Crippen LogP contribution in [0.1, 0.15) is 11.4 Å². The topological polar surface area (TPSA) is 174 Å². The van der Waals surface area contributed by atoms with E-state index in [4.69, 9.17) is 27.5 Å². The molecule has 0 atom stereocenters. The van der Waals surface area contributed by atoms with E-state index in [1.54, 1.807) is 62.6 Å². The number of nitrogens with zero attached hydrogens (tertiary/aromatic N) is 12. The Hall–Kier alpha value is -9.90. The van der Waals surface area contributed by atoms with Crippen molar-refractivity contribution in [2.24, 2.45) is 0 Å². The molecule has 0 fully saturated rings. The molecule has 90 heavy (non-hydrogen) atoms. The molecule has 17 aromatic rings. The van der Waals surface area contributed by atoms with Gasteiger partial charge in [0.25, 0.3) is 0 Å². The monoisotopic (exact) mass is 1740 g/mol. The summed E-state index contributed by atoms with van der Waals surface area (Å²) >= 11 is 1.63. The summed E-state index contributed by atoms with van der Waals surface area (Å²) in [7, 11) is 0. The average molecular weight is 1740 g/mol. The van der Waals surface area contributed by atoms with Crippen molar-refractivity contribution >= 4 is 65.9 Å². The molecular formula is C68H42N12O6Pt3S. The molecule has 17 rings (SSSR count). The van der Waals surface area contributed by atoms with E-state index < -0.39 is 0 Å². The summed E-state index contributed by atoms with van der Waals surface area (Å²) in [5.41, 5.74) is 13.4. The van der Waals surface area contributed by atoms with Crippen molar-refractivity contribution in [2.75, 3.05) is 0 Å². The molecule has 0 aliphatic heterocycles. The fourth-order valence-corrected chi connectivity index (χ4v) is 10.8. The first-order valence-corrected chi connectivity index (χ1v) is 28.1. The maximum atomic E-state index is 6.09. The summed E-state index contributed by atoms with van der Waals surface area (Å²) in [6.07, 6.45) is 13.9. The van der Waals surface area contributed by atoms with Crippen LogP contribution in [0.25, 0.3) is 88.7 Å². The fourth-order valence-electron chi connectivity index (χ4n) is 9.91. The molecule has 0 spiro atoms. The fraction of sp³-hybridized carbons (Fsp3) is 0.0294. The van der Waals surface area contributed by atoms with E-state index in [9.17, 15) is 0 Å². The van der Waals surface area contributed by atoms with Crippen LogP contribution < -0.4 is 14.2 Å². The number of benzene rings is 7. The summed E-state index contributed by atoms with van der Waals surface area (Å²) in [6, 6.07) is 71.2. The van der Waals surface area contributed by atoms with E-state index in [0.29, 0.717) is 34.5 Å². The Morgan fingerprint density at radius 2 is 0.867 bits per heavy atom. The molecule has 0 aliphatic carbocycles. The van der Waals surface area contributed by atoms with Crippen molar-refractivity contribution in [3.8, 4) is 68.6 Å². The number of furan rings is 3. The normalized spacial score (nSPS) is 11.0. The first-order chi connectivity index (χ1) is 42.9. The number of hydrogen-bond acceptors (Lipinski definition) is 13. The van der Waals surface area contributed by atoms with Gasteiger partial charge in [0.15, 0.2) is 16.7 Å². The van der Waals surface area contributed by atoms with E-state index in [-0.39, 0.29) is 63.2 Å². The minimum atomic E-state index is 0. The third kappa shape index (κ3) is 12.3. The van der Waals surface area contributed by atoms with E-state index in [2.05, 4.69) is 67.0 Å². The maximum absolute atomic E-state index is 6.09. The Bertz CT molecular complexity index is 5250. The van der Waals surface area contributed by atoms with Crippen LogP contribution in [0.3, 0.4) is 0 Å². The first kappa shape index (κ1) is 60.4. The third-order valence-electron chi connectivity index (χ3n) is 13.7.